The van der Waals surface area contributed by atoms with Crippen LogP contribution >= 0.6 is 11.6 Å². The molecule has 0 unspecified atom stereocenters. The van der Waals surface area contributed by atoms with E-state index >= 15 is 0 Å². The fourth-order valence-electron chi connectivity index (χ4n) is 2.12. The van der Waals surface area contributed by atoms with Crippen LogP contribution in [0.1, 0.15) is 5.56 Å². The van der Waals surface area contributed by atoms with E-state index < -0.39 is 0 Å². The van der Waals surface area contributed by atoms with Gasteiger partial charge in [-0.15, -0.1) is 0 Å². The molecule has 3 rings (SSSR count). The molecule has 2 nitrogen and oxygen atoms in total. The molecule has 0 N–H and O–H groups in total. The molecule has 0 fully saturated rings. The lowest BCUT2D eigenvalue weighted by Gasteiger charge is -2.18. The second-order valence-corrected chi connectivity index (χ2v) is 4.24. The van der Waals surface area contributed by atoms with Gasteiger partial charge in [-0.2, -0.15) is 0 Å². The molecule has 0 radical (unpaired) electrons. The molecule has 0 spiro atoms. The van der Waals surface area contributed by atoms with Crippen LogP contribution in [0.2, 0.25) is 5.15 Å². The van der Waals surface area contributed by atoms with Gasteiger partial charge >= 0.3 is 0 Å². The van der Waals surface area contributed by atoms with Gasteiger partial charge in [-0.1, -0.05) is 35.9 Å². The number of anilines is 2. The van der Waals surface area contributed by atoms with E-state index in [2.05, 4.69) is 34.1 Å². The molecule has 2 aromatic rings. The maximum atomic E-state index is 5.91. The Morgan fingerprint density at radius 1 is 1.06 bits per heavy atom. The van der Waals surface area contributed by atoms with E-state index in [1.165, 1.54) is 11.3 Å². The Kier molecular flexibility index (Phi) is 2.29. The van der Waals surface area contributed by atoms with Gasteiger partial charge < -0.3 is 4.90 Å². The summed E-state index contributed by atoms with van der Waals surface area (Å²) < 4.78 is 0. The Labute approximate surface area is 99.5 Å². The summed E-state index contributed by atoms with van der Waals surface area (Å²) in [6.45, 7) is 0.979. The van der Waals surface area contributed by atoms with Crippen LogP contribution in [0.4, 0.5) is 11.5 Å². The number of fused-ring (bicyclic) bond motifs is 1. The van der Waals surface area contributed by atoms with Gasteiger partial charge in [0.05, 0.1) is 0 Å². The van der Waals surface area contributed by atoms with Crippen molar-refractivity contribution >= 4 is 23.1 Å². The summed E-state index contributed by atoms with van der Waals surface area (Å²) >= 11 is 5.91. The number of halogens is 1. The van der Waals surface area contributed by atoms with E-state index in [0.717, 1.165) is 18.8 Å². The van der Waals surface area contributed by atoms with E-state index in [1.807, 2.05) is 12.1 Å². The lowest BCUT2D eigenvalue weighted by molar-refractivity contribution is 0.974. The van der Waals surface area contributed by atoms with Gasteiger partial charge in [-0.3, -0.25) is 0 Å². The molecule has 1 aliphatic rings. The third-order valence-electron chi connectivity index (χ3n) is 2.86. The lowest BCUT2D eigenvalue weighted by atomic mass is 10.2. The minimum atomic E-state index is 0.543. The van der Waals surface area contributed by atoms with Crippen LogP contribution in [0.5, 0.6) is 0 Å². The van der Waals surface area contributed by atoms with Gasteiger partial charge in [0, 0.05) is 12.2 Å². The third-order valence-corrected chi connectivity index (χ3v) is 3.07. The molecule has 1 aromatic carbocycles. The van der Waals surface area contributed by atoms with Crippen molar-refractivity contribution < 1.29 is 0 Å². The topological polar surface area (TPSA) is 16.1 Å². The average molecular weight is 231 g/mol. The third kappa shape index (κ3) is 1.55. The van der Waals surface area contributed by atoms with Crippen LogP contribution in [0.15, 0.2) is 42.5 Å². The van der Waals surface area contributed by atoms with Crippen molar-refractivity contribution in [3.63, 3.8) is 0 Å². The standard InChI is InChI=1S/C13H11ClN2/c14-12-6-3-7-13(15-12)16-9-8-10-4-1-2-5-11(10)16/h1-7H,8-9H2. The molecule has 0 saturated heterocycles. The van der Waals surface area contributed by atoms with Crippen LogP contribution in [0, 0.1) is 0 Å². The molecule has 1 aliphatic heterocycles. The number of pyridine rings is 1. The molecule has 2 heterocycles. The van der Waals surface area contributed by atoms with Crippen LogP contribution in [0.3, 0.4) is 0 Å². The highest BCUT2D eigenvalue weighted by atomic mass is 35.5. The second kappa shape index (κ2) is 3.80. The maximum absolute atomic E-state index is 5.91. The largest absolute Gasteiger partial charge is 0.326 e. The van der Waals surface area contributed by atoms with Gasteiger partial charge in [0.1, 0.15) is 11.0 Å². The molecular formula is C13H11ClN2. The molecule has 3 heteroatoms. The normalized spacial score (nSPS) is 13.9. The van der Waals surface area contributed by atoms with Crippen LogP contribution in [-0.4, -0.2) is 11.5 Å². The summed E-state index contributed by atoms with van der Waals surface area (Å²) in [5.41, 5.74) is 2.63. The zero-order valence-corrected chi connectivity index (χ0v) is 9.48. The average Bonchev–Trinajstić information content (AvgIpc) is 2.72. The Hall–Kier alpha value is -1.54. The van der Waals surface area contributed by atoms with Crippen LogP contribution in [-0.2, 0) is 6.42 Å². The highest BCUT2D eigenvalue weighted by Crippen LogP contribution is 2.33. The summed E-state index contributed by atoms with van der Waals surface area (Å²) in [5.74, 6) is 0.928. The molecule has 1 aromatic heterocycles. The molecular weight excluding hydrogens is 220 g/mol. The van der Waals surface area contributed by atoms with E-state index in [9.17, 15) is 0 Å². The number of para-hydroxylation sites is 1. The van der Waals surface area contributed by atoms with Crippen molar-refractivity contribution in [3.05, 3.63) is 53.2 Å². The summed E-state index contributed by atoms with van der Waals surface area (Å²) in [7, 11) is 0. The van der Waals surface area contributed by atoms with Crippen LogP contribution in [0.25, 0.3) is 0 Å². The van der Waals surface area contributed by atoms with Crippen molar-refractivity contribution in [2.24, 2.45) is 0 Å². The predicted octanol–water partition coefficient (Wildman–Crippen LogP) is 3.43. The molecule has 0 saturated carbocycles. The minimum absolute atomic E-state index is 0.543. The molecule has 80 valence electrons. The Morgan fingerprint density at radius 3 is 2.81 bits per heavy atom. The Balaban J connectivity index is 2.05. The monoisotopic (exact) mass is 230 g/mol. The summed E-state index contributed by atoms with van der Waals surface area (Å²) in [6.07, 6.45) is 1.07. The number of hydrogen-bond acceptors (Lipinski definition) is 2. The number of rotatable bonds is 1. The van der Waals surface area contributed by atoms with Crippen LogP contribution < -0.4 is 4.90 Å². The minimum Gasteiger partial charge on any atom is -0.326 e. The van der Waals surface area contributed by atoms with E-state index in [0.29, 0.717) is 5.15 Å². The number of nitrogens with zero attached hydrogens (tertiary/aromatic N) is 2. The smallest absolute Gasteiger partial charge is 0.134 e. The first-order valence-corrected chi connectivity index (χ1v) is 5.70. The first-order chi connectivity index (χ1) is 7.84. The second-order valence-electron chi connectivity index (χ2n) is 3.85. The predicted molar refractivity (Wildman–Crippen MR) is 66.4 cm³/mol. The number of hydrogen-bond donors (Lipinski definition) is 0. The van der Waals surface area contributed by atoms with E-state index in [4.69, 9.17) is 11.6 Å². The lowest BCUT2D eigenvalue weighted by Crippen LogP contribution is -2.14. The van der Waals surface area contributed by atoms with E-state index in [-0.39, 0.29) is 0 Å². The fourth-order valence-corrected chi connectivity index (χ4v) is 2.28. The zero-order chi connectivity index (χ0) is 11.0. The van der Waals surface area contributed by atoms with Gasteiger partial charge in [0.15, 0.2) is 0 Å². The highest BCUT2D eigenvalue weighted by Gasteiger charge is 2.20. The first kappa shape index (κ1) is 9.67. The molecule has 0 aliphatic carbocycles. The van der Waals surface area contributed by atoms with Crippen molar-refractivity contribution in [3.8, 4) is 0 Å². The zero-order valence-electron chi connectivity index (χ0n) is 8.73. The molecule has 0 amide bonds. The van der Waals surface area contributed by atoms with Gasteiger partial charge in [0.2, 0.25) is 0 Å². The number of benzene rings is 1. The fraction of sp³-hybridized carbons (Fsp3) is 0.154. The maximum Gasteiger partial charge on any atom is 0.134 e. The quantitative estimate of drug-likeness (QED) is 0.698. The van der Waals surface area contributed by atoms with Gasteiger partial charge in [0.25, 0.3) is 0 Å². The van der Waals surface area contributed by atoms with E-state index in [1.54, 1.807) is 6.07 Å². The summed E-state index contributed by atoms with van der Waals surface area (Å²) in [5, 5.41) is 0.543. The van der Waals surface area contributed by atoms with Crippen molar-refractivity contribution in [1.82, 2.24) is 4.98 Å². The highest BCUT2D eigenvalue weighted by molar-refractivity contribution is 6.29. The van der Waals surface area contributed by atoms with Crippen molar-refractivity contribution in [1.29, 1.82) is 0 Å². The van der Waals surface area contributed by atoms with Crippen molar-refractivity contribution in [2.45, 2.75) is 6.42 Å². The summed E-state index contributed by atoms with van der Waals surface area (Å²) in [4.78, 5) is 6.55. The Morgan fingerprint density at radius 2 is 1.94 bits per heavy atom. The Bertz CT molecular complexity index is 525. The SMILES string of the molecule is Clc1cccc(N2CCc3ccccc32)n1. The van der Waals surface area contributed by atoms with Crippen molar-refractivity contribution in [2.75, 3.05) is 11.4 Å². The van der Waals surface area contributed by atoms with Gasteiger partial charge in [-0.05, 0) is 30.2 Å². The molecule has 0 atom stereocenters. The molecule has 16 heavy (non-hydrogen) atoms. The number of aromatic nitrogens is 1. The first-order valence-electron chi connectivity index (χ1n) is 5.32. The summed E-state index contributed by atoms with van der Waals surface area (Å²) in [6, 6.07) is 14.2. The van der Waals surface area contributed by atoms with Gasteiger partial charge in [-0.25, -0.2) is 4.98 Å². The molecule has 0 bridgehead atoms.